The molecule has 0 radical (unpaired) electrons. The van der Waals surface area contributed by atoms with Crippen molar-refractivity contribution in [3.05, 3.63) is 29.3 Å². The Kier molecular flexibility index (Phi) is 5.53. The number of rotatable bonds is 4. The fraction of sp³-hybridized carbons (Fsp3) is 0.625. The molecule has 0 amide bonds. The topological polar surface area (TPSA) is 15.7 Å². The monoisotopic (exact) mass is 298 g/mol. The molecule has 5 heteroatoms. The Bertz CT molecular complexity index is 480. The summed E-state index contributed by atoms with van der Waals surface area (Å²) in [5.41, 5.74) is 0.320. The zero-order chi connectivity index (χ0) is 15.4. The lowest BCUT2D eigenvalue weighted by Crippen LogP contribution is -2.30. The fourth-order valence-corrected chi connectivity index (χ4v) is 2.95. The van der Waals surface area contributed by atoms with Gasteiger partial charge in [0.2, 0.25) is 0 Å². The van der Waals surface area contributed by atoms with Gasteiger partial charge in [0.15, 0.2) is 11.6 Å². The van der Waals surface area contributed by atoms with Gasteiger partial charge < -0.3 is 9.64 Å². The zero-order valence-electron chi connectivity index (χ0n) is 13.0. The number of hydrogen-bond donors (Lipinski definition) is 0. The summed E-state index contributed by atoms with van der Waals surface area (Å²) in [6, 6.07) is 3.17. The van der Waals surface area contributed by atoms with Gasteiger partial charge in [-0.3, -0.25) is 4.90 Å². The first-order valence-corrected chi connectivity index (χ1v) is 7.42. The summed E-state index contributed by atoms with van der Waals surface area (Å²) in [4.78, 5) is 4.43. The molecule has 21 heavy (non-hydrogen) atoms. The van der Waals surface area contributed by atoms with Crippen molar-refractivity contribution in [2.45, 2.75) is 31.8 Å². The van der Waals surface area contributed by atoms with Gasteiger partial charge in [0.05, 0.1) is 7.11 Å². The smallest absolute Gasteiger partial charge is 0.167 e. The number of halogens is 2. The van der Waals surface area contributed by atoms with Gasteiger partial charge in [-0.1, -0.05) is 0 Å². The predicted octanol–water partition coefficient (Wildman–Crippen LogP) is 2.89. The third-order valence-electron chi connectivity index (χ3n) is 4.28. The zero-order valence-corrected chi connectivity index (χ0v) is 13.0. The fourth-order valence-electron chi connectivity index (χ4n) is 2.95. The normalized spacial score (nSPS) is 20.6. The molecule has 1 saturated heterocycles. The average molecular weight is 298 g/mol. The maximum atomic E-state index is 14.0. The van der Waals surface area contributed by atoms with E-state index in [-0.39, 0.29) is 0 Å². The van der Waals surface area contributed by atoms with E-state index < -0.39 is 11.6 Å². The number of nitrogens with zero attached hydrogens (tertiary/aromatic N) is 2. The summed E-state index contributed by atoms with van der Waals surface area (Å²) in [5, 5.41) is 0. The van der Waals surface area contributed by atoms with Crippen molar-refractivity contribution in [3.8, 4) is 5.75 Å². The van der Waals surface area contributed by atoms with Crippen LogP contribution in [0, 0.1) is 11.6 Å². The molecule has 0 saturated carbocycles. The van der Waals surface area contributed by atoms with Gasteiger partial charge in [0.25, 0.3) is 0 Å². The van der Waals surface area contributed by atoms with Gasteiger partial charge in [-0.15, -0.1) is 0 Å². The molecule has 1 unspecified atom stereocenters. The Hall–Kier alpha value is -1.20. The van der Waals surface area contributed by atoms with Crippen LogP contribution in [0.1, 0.15) is 24.8 Å². The highest BCUT2D eigenvalue weighted by Crippen LogP contribution is 2.26. The molecule has 1 aromatic carbocycles. The second kappa shape index (κ2) is 7.18. The largest absolute Gasteiger partial charge is 0.496 e. The van der Waals surface area contributed by atoms with Crippen LogP contribution in [-0.2, 0) is 6.54 Å². The van der Waals surface area contributed by atoms with Crippen molar-refractivity contribution in [2.24, 2.45) is 0 Å². The van der Waals surface area contributed by atoms with Gasteiger partial charge in [0, 0.05) is 18.2 Å². The minimum Gasteiger partial charge on any atom is -0.496 e. The lowest BCUT2D eigenvalue weighted by molar-refractivity contribution is 0.240. The molecule has 1 fully saturated rings. The predicted molar refractivity (Wildman–Crippen MR) is 79.5 cm³/mol. The van der Waals surface area contributed by atoms with E-state index in [1.165, 1.54) is 13.2 Å². The molecule has 0 aliphatic carbocycles. The van der Waals surface area contributed by atoms with Crippen LogP contribution in [-0.4, -0.2) is 50.1 Å². The second-order valence-corrected chi connectivity index (χ2v) is 5.87. The van der Waals surface area contributed by atoms with Crippen molar-refractivity contribution in [1.29, 1.82) is 0 Å². The van der Waals surface area contributed by atoms with E-state index in [4.69, 9.17) is 4.74 Å². The molecule has 1 heterocycles. The number of hydrogen-bond acceptors (Lipinski definition) is 3. The van der Waals surface area contributed by atoms with Crippen molar-refractivity contribution < 1.29 is 13.5 Å². The van der Waals surface area contributed by atoms with Crippen LogP contribution in [0.15, 0.2) is 12.1 Å². The van der Waals surface area contributed by atoms with Gasteiger partial charge in [-0.2, -0.15) is 0 Å². The van der Waals surface area contributed by atoms with Gasteiger partial charge >= 0.3 is 0 Å². The molecule has 2 rings (SSSR count). The average Bonchev–Trinajstić information content (AvgIpc) is 2.70. The van der Waals surface area contributed by atoms with E-state index in [0.717, 1.165) is 38.4 Å². The summed E-state index contributed by atoms with van der Waals surface area (Å²) < 4.78 is 32.6. The number of ether oxygens (including phenoxy) is 1. The summed E-state index contributed by atoms with van der Waals surface area (Å²) in [5.74, 6) is -1.18. The van der Waals surface area contributed by atoms with Crippen LogP contribution in [0.3, 0.4) is 0 Å². The minimum atomic E-state index is -0.813. The molecule has 0 N–H and O–H groups in total. The Balaban J connectivity index is 2.10. The van der Waals surface area contributed by atoms with E-state index >= 15 is 0 Å². The molecule has 1 atom stereocenters. The van der Waals surface area contributed by atoms with Gasteiger partial charge in [-0.05, 0) is 58.6 Å². The third kappa shape index (κ3) is 3.92. The number of methoxy groups -OCH3 is 1. The van der Waals surface area contributed by atoms with Crippen molar-refractivity contribution in [3.63, 3.8) is 0 Å². The lowest BCUT2D eigenvalue weighted by Gasteiger charge is -2.24. The molecule has 0 spiro atoms. The quantitative estimate of drug-likeness (QED) is 0.850. The Morgan fingerprint density at radius 3 is 2.67 bits per heavy atom. The maximum Gasteiger partial charge on any atom is 0.167 e. The van der Waals surface area contributed by atoms with Gasteiger partial charge in [0.1, 0.15) is 5.75 Å². The van der Waals surface area contributed by atoms with Crippen molar-refractivity contribution in [1.82, 2.24) is 9.80 Å². The van der Waals surface area contributed by atoms with E-state index in [0.29, 0.717) is 23.9 Å². The maximum absolute atomic E-state index is 14.0. The first-order valence-electron chi connectivity index (χ1n) is 7.42. The second-order valence-electron chi connectivity index (χ2n) is 5.87. The summed E-state index contributed by atoms with van der Waals surface area (Å²) in [7, 11) is 5.67. The molecule has 3 nitrogen and oxygen atoms in total. The van der Waals surface area contributed by atoms with Crippen LogP contribution < -0.4 is 4.74 Å². The molecular formula is C16H24F2N2O. The van der Waals surface area contributed by atoms with Crippen molar-refractivity contribution in [2.75, 3.05) is 34.3 Å². The molecule has 118 valence electrons. The van der Waals surface area contributed by atoms with E-state index in [1.807, 2.05) is 0 Å². The van der Waals surface area contributed by atoms with Crippen LogP contribution in [0.2, 0.25) is 0 Å². The molecule has 1 aromatic rings. The van der Waals surface area contributed by atoms with Gasteiger partial charge in [-0.25, -0.2) is 8.78 Å². The summed E-state index contributed by atoms with van der Waals surface area (Å²) >= 11 is 0. The van der Waals surface area contributed by atoms with Crippen LogP contribution in [0.5, 0.6) is 5.75 Å². The number of benzene rings is 1. The molecule has 0 aromatic heterocycles. The summed E-state index contributed by atoms with van der Waals surface area (Å²) in [6.45, 7) is 2.19. The van der Waals surface area contributed by atoms with E-state index in [2.05, 4.69) is 23.9 Å². The molecule has 0 bridgehead atoms. The van der Waals surface area contributed by atoms with E-state index in [1.54, 1.807) is 0 Å². The standard InChI is InChI=1S/C16H24F2N2O/c1-19(2)12-5-4-9-20(10-8-12)11-13-15(21-3)7-6-14(17)16(13)18/h6-7,12H,4-5,8-11H2,1-3H3. The lowest BCUT2D eigenvalue weighted by atomic mass is 10.1. The first-order chi connectivity index (χ1) is 10.0. The SMILES string of the molecule is COc1ccc(F)c(F)c1CN1CCCC(N(C)C)CC1. The molecule has 1 aliphatic rings. The highest BCUT2D eigenvalue weighted by Gasteiger charge is 2.21. The summed E-state index contributed by atoms with van der Waals surface area (Å²) in [6.07, 6.45) is 3.26. The highest BCUT2D eigenvalue weighted by molar-refractivity contribution is 5.35. The molecule has 1 aliphatic heterocycles. The Morgan fingerprint density at radius 2 is 2.00 bits per heavy atom. The molecular weight excluding hydrogens is 274 g/mol. The first kappa shape index (κ1) is 16.2. The van der Waals surface area contributed by atoms with Crippen LogP contribution in [0.25, 0.3) is 0 Å². The Morgan fingerprint density at radius 1 is 1.24 bits per heavy atom. The van der Waals surface area contributed by atoms with Crippen LogP contribution >= 0.6 is 0 Å². The van der Waals surface area contributed by atoms with Crippen molar-refractivity contribution >= 4 is 0 Å². The minimum absolute atomic E-state index is 0.320. The van der Waals surface area contributed by atoms with Crippen LogP contribution in [0.4, 0.5) is 8.78 Å². The third-order valence-corrected chi connectivity index (χ3v) is 4.28. The van der Waals surface area contributed by atoms with E-state index in [9.17, 15) is 8.78 Å². The Labute approximate surface area is 125 Å². The highest BCUT2D eigenvalue weighted by atomic mass is 19.2. The number of likely N-dealkylation sites (tertiary alicyclic amines) is 1.